The molecule has 31 heavy (non-hydrogen) atoms. The molecule has 3 aromatic rings. The molecule has 3 aromatic carbocycles. The Labute approximate surface area is 185 Å². The fourth-order valence-electron chi connectivity index (χ4n) is 3.78. The van der Waals surface area contributed by atoms with E-state index >= 15 is 0 Å². The Morgan fingerprint density at radius 1 is 0.903 bits per heavy atom. The lowest BCUT2D eigenvalue weighted by atomic mass is 9.82. The molecule has 1 aliphatic heterocycles. The van der Waals surface area contributed by atoms with Crippen molar-refractivity contribution in [1.29, 1.82) is 0 Å². The first-order chi connectivity index (χ1) is 15.1. The van der Waals surface area contributed by atoms with Crippen molar-refractivity contribution in [3.8, 4) is 0 Å². The van der Waals surface area contributed by atoms with Crippen molar-refractivity contribution in [3.63, 3.8) is 0 Å². The SMILES string of the molecule is O=C1OC(CCc2ccc(F)cc2)(c2ccccc2)CC(O)=C1SCc1ccccc1. The summed E-state index contributed by atoms with van der Waals surface area (Å²) in [5.74, 6) is -0.164. The molecule has 1 unspecified atom stereocenters. The van der Waals surface area contributed by atoms with Crippen LogP contribution in [0.25, 0.3) is 0 Å². The first-order valence-electron chi connectivity index (χ1n) is 10.2. The average Bonchev–Trinajstić information content (AvgIpc) is 2.79. The van der Waals surface area contributed by atoms with Gasteiger partial charge in [0.25, 0.3) is 0 Å². The Bertz CT molecular complexity index is 1060. The summed E-state index contributed by atoms with van der Waals surface area (Å²) >= 11 is 1.29. The average molecular weight is 435 g/mol. The maximum Gasteiger partial charge on any atom is 0.348 e. The summed E-state index contributed by atoms with van der Waals surface area (Å²) in [5.41, 5.74) is 1.88. The van der Waals surface area contributed by atoms with Gasteiger partial charge in [-0.2, -0.15) is 0 Å². The lowest BCUT2D eigenvalue weighted by molar-refractivity contribution is -0.160. The smallest absolute Gasteiger partial charge is 0.348 e. The summed E-state index contributed by atoms with van der Waals surface area (Å²) in [7, 11) is 0. The number of esters is 1. The van der Waals surface area contributed by atoms with E-state index in [0.717, 1.165) is 16.7 Å². The van der Waals surface area contributed by atoms with Crippen LogP contribution in [-0.4, -0.2) is 11.1 Å². The summed E-state index contributed by atoms with van der Waals surface area (Å²) < 4.78 is 19.3. The van der Waals surface area contributed by atoms with E-state index in [9.17, 15) is 14.3 Å². The summed E-state index contributed by atoms with van der Waals surface area (Å²) in [6.07, 6.45) is 1.28. The minimum Gasteiger partial charge on any atom is -0.511 e. The van der Waals surface area contributed by atoms with Crippen molar-refractivity contribution in [2.75, 3.05) is 0 Å². The Balaban J connectivity index is 1.58. The molecule has 1 N–H and O–H groups in total. The van der Waals surface area contributed by atoms with Gasteiger partial charge in [-0.1, -0.05) is 72.8 Å². The van der Waals surface area contributed by atoms with E-state index < -0.39 is 11.6 Å². The molecule has 158 valence electrons. The zero-order chi connectivity index (χ0) is 21.7. The monoisotopic (exact) mass is 434 g/mol. The van der Waals surface area contributed by atoms with Crippen molar-refractivity contribution in [1.82, 2.24) is 0 Å². The van der Waals surface area contributed by atoms with E-state index in [2.05, 4.69) is 0 Å². The highest BCUT2D eigenvalue weighted by Crippen LogP contribution is 2.44. The molecule has 0 spiro atoms. The number of benzene rings is 3. The van der Waals surface area contributed by atoms with E-state index in [4.69, 9.17) is 4.74 Å². The first kappa shape index (κ1) is 21.2. The van der Waals surface area contributed by atoms with Gasteiger partial charge in [-0.05, 0) is 41.7 Å². The van der Waals surface area contributed by atoms with Crippen LogP contribution in [0, 0.1) is 5.82 Å². The van der Waals surface area contributed by atoms with Crippen LogP contribution in [0.5, 0.6) is 0 Å². The van der Waals surface area contributed by atoms with Crippen LogP contribution in [0.1, 0.15) is 29.5 Å². The van der Waals surface area contributed by atoms with Crippen LogP contribution in [0.15, 0.2) is 95.6 Å². The van der Waals surface area contributed by atoms with Gasteiger partial charge in [0, 0.05) is 5.75 Å². The molecule has 0 aliphatic carbocycles. The number of carbonyl (C=O) groups is 1. The van der Waals surface area contributed by atoms with Crippen LogP contribution < -0.4 is 0 Å². The second kappa shape index (κ2) is 9.40. The van der Waals surface area contributed by atoms with Crippen molar-refractivity contribution in [3.05, 3.63) is 118 Å². The molecule has 0 fully saturated rings. The maximum atomic E-state index is 13.3. The quantitative estimate of drug-likeness (QED) is 0.443. The molecule has 5 heteroatoms. The maximum absolute atomic E-state index is 13.3. The van der Waals surface area contributed by atoms with Gasteiger partial charge < -0.3 is 9.84 Å². The predicted molar refractivity (Wildman–Crippen MR) is 121 cm³/mol. The molecule has 0 saturated heterocycles. The molecule has 1 heterocycles. The number of aryl methyl sites for hydroxylation is 1. The Kier molecular flexibility index (Phi) is 6.42. The van der Waals surface area contributed by atoms with Crippen molar-refractivity contribution in [2.24, 2.45) is 0 Å². The summed E-state index contributed by atoms with van der Waals surface area (Å²) in [5, 5.41) is 10.9. The van der Waals surface area contributed by atoms with Crippen LogP contribution in [-0.2, 0) is 27.3 Å². The van der Waals surface area contributed by atoms with Gasteiger partial charge >= 0.3 is 5.97 Å². The number of cyclic esters (lactones) is 1. The van der Waals surface area contributed by atoms with Crippen molar-refractivity contribution >= 4 is 17.7 Å². The molecular weight excluding hydrogens is 411 g/mol. The van der Waals surface area contributed by atoms with E-state index in [1.54, 1.807) is 12.1 Å². The number of ether oxygens (including phenoxy) is 1. The third kappa shape index (κ3) is 5.00. The van der Waals surface area contributed by atoms with Gasteiger partial charge in [-0.15, -0.1) is 11.8 Å². The number of carbonyl (C=O) groups excluding carboxylic acids is 1. The molecule has 0 aromatic heterocycles. The van der Waals surface area contributed by atoms with Gasteiger partial charge in [0.05, 0.1) is 6.42 Å². The molecule has 0 saturated carbocycles. The molecule has 4 rings (SSSR count). The fourth-order valence-corrected chi connectivity index (χ4v) is 4.69. The van der Waals surface area contributed by atoms with Crippen molar-refractivity contribution < 1.29 is 19.0 Å². The number of hydrogen-bond acceptors (Lipinski definition) is 4. The minimum atomic E-state index is -0.965. The number of halogens is 1. The zero-order valence-corrected chi connectivity index (χ0v) is 17.8. The third-order valence-electron chi connectivity index (χ3n) is 5.45. The number of aliphatic hydroxyl groups is 1. The van der Waals surface area contributed by atoms with Crippen LogP contribution in [0.4, 0.5) is 4.39 Å². The highest BCUT2D eigenvalue weighted by Gasteiger charge is 2.43. The molecular formula is C26H23FO3S. The Morgan fingerprint density at radius 2 is 1.55 bits per heavy atom. The lowest BCUT2D eigenvalue weighted by Crippen LogP contribution is -2.38. The van der Waals surface area contributed by atoms with Crippen LogP contribution in [0.3, 0.4) is 0 Å². The molecule has 3 nitrogen and oxygen atoms in total. The summed E-state index contributed by atoms with van der Waals surface area (Å²) in [6.45, 7) is 0. The Hall–Kier alpha value is -3.05. The van der Waals surface area contributed by atoms with Crippen LogP contribution >= 0.6 is 11.8 Å². The van der Waals surface area contributed by atoms with Gasteiger partial charge in [0.1, 0.15) is 22.1 Å². The number of hydrogen-bond donors (Lipinski definition) is 1. The fraction of sp³-hybridized carbons (Fsp3) is 0.192. The lowest BCUT2D eigenvalue weighted by Gasteiger charge is -2.37. The second-order valence-electron chi connectivity index (χ2n) is 7.60. The molecule has 0 amide bonds. The number of rotatable bonds is 7. The summed E-state index contributed by atoms with van der Waals surface area (Å²) in [4.78, 5) is 13.2. The molecule has 0 radical (unpaired) electrons. The van der Waals surface area contributed by atoms with E-state index in [-0.39, 0.29) is 22.9 Å². The van der Waals surface area contributed by atoms with E-state index in [1.807, 2.05) is 60.7 Å². The number of aliphatic hydroxyl groups excluding tert-OH is 1. The van der Waals surface area contributed by atoms with Gasteiger partial charge in [-0.3, -0.25) is 0 Å². The van der Waals surface area contributed by atoms with Gasteiger partial charge in [-0.25, -0.2) is 9.18 Å². The van der Waals surface area contributed by atoms with E-state index in [1.165, 1.54) is 23.9 Å². The predicted octanol–water partition coefficient (Wildman–Crippen LogP) is 6.30. The second-order valence-corrected chi connectivity index (χ2v) is 8.59. The van der Waals surface area contributed by atoms with Gasteiger partial charge in [0.2, 0.25) is 0 Å². The largest absolute Gasteiger partial charge is 0.511 e. The molecule has 0 bridgehead atoms. The molecule has 1 aliphatic rings. The Morgan fingerprint density at radius 3 is 2.19 bits per heavy atom. The van der Waals surface area contributed by atoms with Crippen LogP contribution in [0.2, 0.25) is 0 Å². The summed E-state index contributed by atoms with van der Waals surface area (Å²) in [6, 6.07) is 25.6. The molecule has 1 atom stereocenters. The highest BCUT2D eigenvalue weighted by atomic mass is 32.2. The number of thioether (sulfide) groups is 1. The van der Waals surface area contributed by atoms with Crippen molar-refractivity contribution in [2.45, 2.75) is 30.6 Å². The van der Waals surface area contributed by atoms with Gasteiger partial charge in [0.15, 0.2) is 0 Å². The normalized spacial score (nSPS) is 18.7. The first-order valence-corrected chi connectivity index (χ1v) is 11.2. The standard InChI is InChI=1S/C26H23FO3S/c27-22-13-11-19(12-14-22)15-16-26(21-9-5-2-6-10-21)17-23(28)24(25(29)30-26)31-18-20-7-3-1-4-8-20/h1-14,28H,15-18H2. The third-order valence-corrected chi connectivity index (χ3v) is 6.61. The minimum absolute atomic E-state index is 0.0557. The topological polar surface area (TPSA) is 46.5 Å². The zero-order valence-electron chi connectivity index (χ0n) is 17.0. The van der Waals surface area contributed by atoms with E-state index in [0.29, 0.717) is 18.6 Å². The highest BCUT2D eigenvalue weighted by molar-refractivity contribution is 8.03.